The summed E-state index contributed by atoms with van der Waals surface area (Å²) in [5.41, 5.74) is 1.73. The number of benzene rings is 2. The predicted octanol–water partition coefficient (Wildman–Crippen LogP) is 5.87. The number of halogens is 2. The number of nitrogens with one attached hydrogen (secondary N) is 1. The number of nitriles is 1. The van der Waals surface area contributed by atoms with Crippen molar-refractivity contribution < 1.29 is 19.0 Å². The second-order valence-corrected chi connectivity index (χ2v) is 7.67. The second kappa shape index (κ2) is 9.73. The number of nitrogens with zero attached hydrogens (tertiary/aromatic N) is 1. The lowest BCUT2D eigenvalue weighted by Gasteiger charge is -2.13. The van der Waals surface area contributed by atoms with Gasteiger partial charge in [0.2, 0.25) is 11.5 Å². The number of aromatic nitrogens is 1. The van der Waals surface area contributed by atoms with E-state index in [1.54, 1.807) is 18.3 Å². The number of carbonyl (C=O) groups is 1. The van der Waals surface area contributed by atoms with E-state index in [2.05, 4.69) is 20.9 Å². The van der Waals surface area contributed by atoms with Crippen LogP contribution < -0.4 is 14.2 Å². The van der Waals surface area contributed by atoms with Crippen LogP contribution in [-0.4, -0.2) is 32.1 Å². The first-order chi connectivity index (χ1) is 14.9. The third kappa shape index (κ3) is 4.61. The minimum atomic E-state index is -0.405. The van der Waals surface area contributed by atoms with E-state index >= 15 is 0 Å². The van der Waals surface area contributed by atoms with Crippen molar-refractivity contribution in [1.82, 2.24) is 4.98 Å². The number of allylic oxidation sites excluding steroid dienone is 3. The Labute approximate surface area is 192 Å². The lowest BCUT2D eigenvalue weighted by Crippen LogP contribution is -2.01. The highest BCUT2D eigenvalue weighted by Gasteiger charge is 2.17. The van der Waals surface area contributed by atoms with Crippen LogP contribution in [0.5, 0.6) is 17.2 Å². The maximum atomic E-state index is 12.9. The van der Waals surface area contributed by atoms with Crippen molar-refractivity contribution in [2.75, 3.05) is 21.3 Å². The molecule has 0 aliphatic carbocycles. The van der Waals surface area contributed by atoms with Gasteiger partial charge in [0.25, 0.3) is 0 Å². The Balaban J connectivity index is 1.98. The number of methoxy groups -OCH3 is 3. The molecular weight excluding hydrogens is 484 g/mol. The largest absolute Gasteiger partial charge is 0.493 e. The van der Waals surface area contributed by atoms with Crippen molar-refractivity contribution in [1.29, 1.82) is 5.26 Å². The maximum Gasteiger partial charge on any atom is 0.205 e. The monoisotopic (exact) mass is 500 g/mol. The van der Waals surface area contributed by atoms with Gasteiger partial charge in [-0.1, -0.05) is 27.5 Å². The fraction of sp³-hybridized carbons (Fsp3) is 0.130. The highest BCUT2D eigenvalue weighted by molar-refractivity contribution is 9.10. The molecule has 1 N–H and O–H groups in total. The van der Waals surface area contributed by atoms with Crippen LogP contribution in [0.15, 0.2) is 58.7 Å². The van der Waals surface area contributed by atoms with E-state index in [-0.39, 0.29) is 5.57 Å². The number of carbonyl (C=O) groups excluding carboxylic acids is 1. The Hall–Kier alpha value is -3.21. The lowest BCUT2D eigenvalue weighted by molar-refractivity contribution is 0.104. The van der Waals surface area contributed by atoms with Gasteiger partial charge in [-0.25, -0.2) is 0 Å². The molecule has 1 heterocycles. The molecule has 0 saturated heterocycles. The molecule has 1 aromatic heterocycles. The van der Waals surface area contributed by atoms with Gasteiger partial charge in [0.05, 0.1) is 21.3 Å². The van der Waals surface area contributed by atoms with E-state index in [0.717, 1.165) is 15.4 Å². The van der Waals surface area contributed by atoms with Gasteiger partial charge < -0.3 is 19.2 Å². The molecule has 3 aromatic rings. The van der Waals surface area contributed by atoms with E-state index in [0.29, 0.717) is 33.4 Å². The van der Waals surface area contributed by atoms with Gasteiger partial charge in [-0.3, -0.25) is 4.79 Å². The highest BCUT2D eigenvalue weighted by atomic mass is 79.9. The first kappa shape index (κ1) is 22.5. The van der Waals surface area contributed by atoms with Crippen LogP contribution in [0.2, 0.25) is 0 Å². The van der Waals surface area contributed by atoms with Crippen LogP contribution in [0, 0.1) is 11.3 Å². The summed E-state index contributed by atoms with van der Waals surface area (Å²) in [7, 11) is 4.52. The van der Waals surface area contributed by atoms with Gasteiger partial charge >= 0.3 is 0 Å². The molecule has 0 atom stereocenters. The molecule has 31 heavy (non-hydrogen) atoms. The summed E-state index contributed by atoms with van der Waals surface area (Å²) in [5, 5.41) is 10.6. The molecule has 3 rings (SSSR count). The van der Waals surface area contributed by atoms with E-state index in [1.807, 2.05) is 24.3 Å². The maximum absolute atomic E-state index is 12.9. The van der Waals surface area contributed by atoms with Gasteiger partial charge in [0.15, 0.2) is 11.5 Å². The molecule has 0 radical (unpaired) electrons. The minimum absolute atomic E-state index is 0.0496. The topological polar surface area (TPSA) is 84.3 Å². The summed E-state index contributed by atoms with van der Waals surface area (Å²) in [6.07, 6.45) is 4.48. The zero-order valence-electron chi connectivity index (χ0n) is 17.0. The Morgan fingerprint density at radius 1 is 1.10 bits per heavy atom. The third-order valence-electron chi connectivity index (χ3n) is 4.59. The number of ketones is 1. The van der Waals surface area contributed by atoms with Crippen molar-refractivity contribution >= 4 is 49.2 Å². The van der Waals surface area contributed by atoms with Crippen LogP contribution in [0.3, 0.4) is 0 Å². The van der Waals surface area contributed by atoms with Gasteiger partial charge in [-0.15, -0.1) is 0 Å². The molecule has 6 nitrogen and oxygen atoms in total. The van der Waals surface area contributed by atoms with Crippen LogP contribution in [0.25, 0.3) is 15.9 Å². The first-order valence-corrected chi connectivity index (χ1v) is 10.2. The molecule has 0 saturated carbocycles. The average molecular weight is 502 g/mol. The van der Waals surface area contributed by atoms with Crippen molar-refractivity contribution in [3.63, 3.8) is 0 Å². The molecule has 0 fully saturated rings. The Morgan fingerprint density at radius 3 is 2.35 bits per heavy atom. The summed E-state index contributed by atoms with van der Waals surface area (Å²) in [5.74, 6) is 0.909. The average Bonchev–Trinajstić information content (AvgIpc) is 3.20. The van der Waals surface area contributed by atoms with E-state index in [4.69, 9.17) is 25.8 Å². The first-order valence-electron chi connectivity index (χ1n) is 9.02. The molecule has 2 aromatic carbocycles. The van der Waals surface area contributed by atoms with Gasteiger partial charge in [0, 0.05) is 37.7 Å². The van der Waals surface area contributed by atoms with Crippen molar-refractivity contribution in [2.24, 2.45) is 0 Å². The van der Waals surface area contributed by atoms with Crippen LogP contribution in [-0.2, 0) is 0 Å². The molecular formula is C23H18BrClN2O4. The Bertz CT molecular complexity index is 1230. The summed E-state index contributed by atoms with van der Waals surface area (Å²) in [6.45, 7) is 0. The SMILES string of the molecule is COc1cc(/C(Cl)=C/C=C(\C#N)C(=O)c2c[nH]c3ccc(Br)cc23)cc(OC)c1OC. The number of H-pyrrole nitrogens is 1. The van der Waals surface area contributed by atoms with Gasteiger partial charge in [-0.05, 0) is 42.5 Å². The number of fused-ring (bicyclic) bond motifs is 1. The number of aromatic amines is 1. The van der Waals surface area contributed by atoms with Crippen molar-refractivity contribution in [3.8, 4) is 23.3 Å². The van der Waals surface area contributed by atoms with Crippen LogP contribution >= 0.6 is 27.5 Å². The fourth-order valence-electron chi connectivity index (χ4n) is 3.06. The minimum Gasteiger partial charge on any atom is -0.493 e. The smallest absolute Gasteiger partial charge is 0.205 e. The van der Waals surface area contributed by atoms with Crippen LogP contribution in [0.4, 0.5) is 0 Å². The predicted molar refractivity (Wildman–Crippen MR) is 124 cm³/mol. The number of rotatable bonds is 7. The number of hydrogen-bond acceptors (Lipinski definition) is 5. The summed E-state index contributed by atoms with van der Waals surface area (Å²) < 4.78 is 16.8. The quantitative estimate of drug-likeness (QED) is 0.189. The summed E-state index contributed by atoms with van der Waals surface area (Å²) >= 11 is 9.84. The molecule has 0 bridgehead atoms. The summed E-state index contributed by atoms with van der Waals surface area (Å²) in [6, 6.07) is 10.9. The lowest BCUT2D eigenvalue weighted by atomic mass is 10.0. The molecule has 0 unspecified atom stereocenters. The Kier molecular flexibility index (Phi) is 7.06. The zero-order chi connectivity index (χ0) is 22.5. The van der Waals surface area contributed by atoms with Gasteiger partial charge in [-0.2, -0.15) is 5.26 Å². The zero-order valence-corrected chi connectivity index (χ0v) is 19.3. The van der Waals surface area contributed by atoms with Crippen molar-refractivity contribution in [3.05, 3.63) is 69.9 Å². The molecule has 8 heteroatoms. The number of hydrogen-bond donors (Lipinski definition) is 1. The molecule has 0 amide bonds. The van der Waals surface area contributed by atoms with E-state index in [1.165, 1.54) is 33.5 Å². The van der Waals surface area contributed by atoms with E-state index in [9.17, 15) is 10.1 Å². The van der Waals surface area contributed by atoms with Crippen LogP contribution in [0.1, 0.15) is 15.9 Å². The molecule has 0 spiro atoms. The second-order valence-electron chi connectivity index (χ2n) is 6.34. The fourth-order valence-corrected chi connectivity index (χ4v) is 3.59. The molecule has 0 aliphatic heterocycles. The highest BCUT2D eigenvalue weighted by Crippen LogP contribution is 2.40. The normalized spacial score (nSPS) is 11.9. The third-order valence-corrected chi connectivity index (χ3v) is 5.43. The summed E-state index contributed by atoms with van der Waals surface area (Å²) in [4.78, 5) is 16.0. The number of Topliss-reactive ketones (excluding diaryl/α,β-unsaturated/α-hetero) is 1. The van der Waals surface area contributed by atoms with E-state index < -0.39 is 5.78 Å². The van der Waals surface area contributed by atoms with Gasteiger partial charge in [0.1, 0.15) is 11.6 Å². The molecule has 0 aliphatic rings. The number of ether oxygens (including phenoxy) is 3. The standard InChI is InChI=1S/C23H18BrClN2O4/c1-29-20-8-14(9-21(30-2)23(20)31-3)18(25)6-4-13(11-26)22(28)17-12-27-19-7-5-15(24)10-16(17)19/h4-10,12,27H,1-3H3/b13-4+,18-6-. The molecule has 158 valence electrons. The van der Waals surface area contributed by atoms with Crippen molar-refractivity contribution in [2.45, 2.75) is 0 Å². The Morgan fingerprint density at radius 2 is 1.77 bits per heavy atom.